The lowest BCUT2D eigenvalue weighted by atomic mass is 9.96. The van der Waals surface area contributed by atoms with E-state index in [1.807, 2.05) is 36.4 Å². The molecule has 4 rings (SSSR count). The van der Waals surface area contributed by atoms with Crippen LogP contribution in [-0.4, -0.2) is 41.9 Å². The number of carbonyl (C=O) groups is 1. The number of amides is 1. The molecular formula is C28H27BrN4O. The Morgan fingerprint density at radius 2 is 1.47 bits per heavy atom. The second-order valence-electron chi connectivity index (χ2n) is 8.23. The van der Waals surface area contributed by atoms with Crippen molar-refractivity contribution in [1.29, 1.82) is 5.26 Å². The quantitative estimate of drug-likeness (QED) is 0.360. The van der Waals surface area contributed by atoms with Crippen LogP contribution in [0.5, 0.6) is 0 Å². The summed E-state index contributed by atoms with van der Waals surface area (Å²) in [5, 5.41) is 12.7. The summed E-state index contributed by atoms with van der Waals surface area (Å²) in [6.07, 6.45) is 1.54. The Morgan fingerprint density at radius 1 is 0.912 bits per heavy atom. The smallest absolute Gasteiger partial charge is 0.266 e. The van der Waals surface area contributed by atoms with Gasteiger partial charge in [0.15, 0.2) is 0 Å². The van der Waals surface area contributed by atoms with Gasteiger partial charge in [-0.25, -0.2) is 0 Å². The second kappa shape index (κ2) is 11.6. The van der Waals surface area contributed by atoms with Gasteiger partial charge in [-0.2, -0.15) is 5.26 Å². The molecule has 1 aliphatic rings. The second-order valence-corrected chi connectivity index (χ2v) is 9.14. The minimum atomic E-state index is -0.221. The summed E-state index contributed by atoms with van der Waals surface area (Å²) < 4.78 is 1.01. The van der Waals surface area contributed by atoms with Crippen molar-refractivity contribution in [2.24, 2.45) is 0 Å². The van der Waals surface area contributed by atoms with Gasteiger partial charge in [0.2, 0.25) is 0 Å². The zero-order valence-corrected chi connectivity index (χ0v) is 20.5. The summed E-state index contributed by atoms with van der Waals surface area (Å²) in [7, 11) is 0. The fraction of sp³-hybridized carbons (Fsp3) is 0.214. The van der Waals surface area contributed by atoms with Gasteiger partial charge in [-0.05, 0) is 28.8 Å². The van der Waals surface area contributed by atoms with Gasteiger partial charge in [-0.3, -0.25) is 9.69 Å². The van der Waals surface area contributed by atoms with Crippen molar-refractivity contribution in [2.45, 2.75) is 12.6 Å². The first-order valence-electron chi connectivity index (χ1n) is 11.4. The van der Waals surface area contributed by atoms with Gasteiger partial charge < -0.3 is 10.2 Å². The molecule has 1 N–H and O–H groups in total. The largest absolute Gasteiger partial charge is 0.386 e. The molecule has 0 atom stereocenters. The van der Waals surface area contributed by atoms with E-state index in [1.165, 1.54) is 17.3 Å². The molecule has 0 bridgehead atoms. The van der Waals surface area contributed by atoms with E-state index >= 15 is 0 Å². The standard InChI is InChI=1S/C28H27BrN4O/c29-26-13-11-22(12-14-26)20-31-21-25(19-30)28(34)33-17-15-32(16-18-33)27(23-7-3-1-4-8-23)24-9-5-2-6-10-24/h1-14,21,27,31H,15-18,20H2/b25-21-. The van der Waals surface area contributed by atoms with Crippen LogP contribution >= 0.6 is 15.9 Å². The minimum Gasteiger partial charge on any atom is -0.386 e. The molecule has 3 aromatic rings. The highest BCUT2D eigenvalue weighted by Gasteiger charge is 2.29. The molecule has 0 radical (unpaired) electrons. The average molecular weight is 515 g/mol. The molecule has 5 nitrogen and oxygen atoms in total. The molecule has 0 spiro atoms. The number of nitrogens with zero attached hydrogens (tertiary/aromatic N) is 3. The molecule has 172 valence electrons. The van der Waals surface area contributed by atoms with Crippen LogP contribution in [0, 0.1) is 11.3 Å². The Bertz CT molecular complexity index is 1110. The molecule has 1 amide bonds. The van der Waals surface area contributed by atoms with Crippen LogP contribution in [0.3, 0.4) is 0 Å². The molecule has 1 fully saturated rings. The normalized spacial score (nSPS) is 14.6. The van der Waals surface area contributed by atoms with Crippen molar-refractivity contribution in [3.8, 4) is 6.07 Å². The van der Waals surface area contributed by atoms with Crippen molar-refractivity contribution < 1.29 is 4.79 Å². The lowest BCUT2D eigenvalue weighted by Gasteiger charge is -2.39. The van der Waals surface area contributed by atoms with Crippen LogP contribution < -0.4 is 5.32 Å². The van der Waals surface area contributed by atoms with Gasteiger partial charge in [-0.1, -0.05) is 88.7 Å². The number of nitriles is 1. The van der Waals surface area contributed by atoms with Crippen LogP contribution in [0.2, 0.25) is 0 Å². The van der Waals surface area contributed by atoms with Gasteiger partial charge in [0.1, 0.15) is 11.6 Å². The van der Waals surface area contributed by atoms with Crippen molar-refractivity contribution in [3.05, 3.63) is 118 Å². The van der Waals surface area contributed by atoms with Crippen LogP contribution in [-0.2, 0) is 11.3 Å². The van der Waals surface area contributed by atoms with Crippen LogP contribution in [0.1, 0.15) is 22.7 Å². The summed E-state index contributed by atoms with van der Waals surface area (Å²) in [6, 6.07) is 31.1. The van der Waals surface area contributed by atoms with Crippen LogP contribution in [0.15, 0.2) is 101 Å². The summed E-state index contributed by atoms with van der Waals surface area (Å²) in [4.78, 5) is 17.2. The van der Waals surface area contributed by atoms with Crippen molar-refractivity contribution in [1.82, 2.24) is 15.1 Å². The number of halogens is 1. The predicted octanol–water partition coefficient (Wildman–Crippen LogP) is 4.88. The third kappa shape index (κ3) is 5.93. The maximum absolute atomic E-state index is 13.0. The van der Waals surface area contributed by atoms with Gasteiger partial charge in [-0.15, -0.1) is 0 Å². The maximum atomic E-state index is 13.0. The zero-order valence-electron chi connectivity index (χ0n) is 18.9. The Labute approximate surface area is 209 Å². The molecule has 1 saturated heterocycles. The molecule has 34 heavy (non-hydrogen) atoms. The number of rotatable bonds is 7. The van der Waals surface area contributed by atoms with Crippen LogP contribution in [0.4, 0.5) is 0 Å². The lowest BCUT2D eigenvalue weighted by Crippen LogP contribution is -2.50. The molecule has 0 aliphatic carbocycles. The zero-order chi connectivity index (χ0) is 23.8. The van der Waals surface area contributed by atoms with E-state index in [2.05, 4.69) is 80.7 Å². The Hall–Kier alpha value is -3.40. The number of nitrogens with one attached hydrogen (secondary N) is 1. The van der Waals surface area contributed by atoms with Crippen LogP contribution in [0.25, 0.3) is 0 Å². The number of hydrogen-bond acceptors (Lipinski definition) is 4. The van der Waals surface area contributed by atoms with E-state index in [0.717, 1.165) is 23.1 Å². The lowest BCUT2D eigenvalue weighted by molar-refractivity contribution is -0.128. The predicted molar refractivity (Wildman–Crippen MR) is 138 cm³/mol. The highest BCUT2D eigenvalue weighted by atomic mass is 79.9. The molecule has 0 unspecified atom stereocenters. The molecule has 6 heteroatoms. The molecule has 0 aromatic heterocycles. The van der Waals surface area contributed by atoms with Gasteiger partial charge in [0.05, 0.1) is 6.04 Å². The monoisotopic (exact) mass is 514 g/mol. The molecular weight excluding hydrogens is 488 g/mol. The fourth-order valence-corrected chi connectivity index (χ4v) is 4.52. The first kappa shape index (κ1) is 23.7. The number of carbonyl (C=O) groups excluding carboxylic acids is 1. The van der Waals surface area contributed by atoms with E-state index in [9.17, 15) is 10.1 Å². The van der Waals surface area contributed by atoms with E-state index < -0.39 is 0 Å². The first-order chi connectivity index (χ1) is 16.7. The summed E-state index contributed by atoms with van der Waals surface area (Å²) in [5.41, 5.74) is 3.69. The highest BCUT2D eigenvalue weighted by molar-refractivity contribution is 9.10. The van der Waals surface area contributed by atoms with Crippen molar-refractivity contribution >= 4 is 21.8 Å². The third-order valence-electron chi connectivity index (χ3n) is 6.01. The summed E-state index contributed by atoms with van der Waals surface area (Å²) >= 11 is 3.42. The van der Waals surface area contributed by atoms with E-state index in [1.54, 1.807) is 4.90 Å². The molecule has 0 saturated carbocycles. The number of piperazine rings is 1. The number of hydrogen-bond donors (Lipinski definition) is 1. The first-order valence-corrected chi connectivity index (χ1v) is 12.2. The SMILES string of the molecule is N#C/C(=C/NCc1ccc(Br)cc1)C(=O)N1CCN(C(c2ccccc2)c2ccccc2)CC1. The minimum absolute atomic E-state index is 0.133. The fourth-order valence-electron chi connectivity index (χ4n) is 4.25. The average Bonchev–Trinajstić information content (AvgIpc) is 2.89. The Balaban J connectivity index is 1.39. The van der Waals surface area contributed by atoms with Gasteiger partial charge >= 0.3 is 0 Å². The van der Waals surface area contributed by atoms with E-state index in [0.29, 0.717) is 19.6 Å². The number of benzene rings is 3. The van der Waals surface area contributed by atoms with Gasteiger partial charge in [0, 0.05) is 43.4 Å². The summed E-state index contributed by atoms with van der Waals surface area (Å²) in [6.45, 7) is 3.20. The third-order valence-corrected chi connectivity index (χ3v) is 6.54. The topological polar surface area (TPSA) is 59.4 Å². The van der Waals surface area contributed by atoms with Gasteiger partial charge in [0.25, 0.3) is 5.91 Å². The Kier molecular flexibility index (Phi) is 8.13. The Morgan fingerprint density at radius 3 is 2.00 bits per heavy atom. The van der Waals surface area contributed by atoms with Crippen molar-refractivity contribution in [2.75, 3.05) is 26.2 Å². The maximum Gasteiger partial charge on any atom is 0.266 e. The molecule has 1 heterocycles. The van der Waals surface area contributed by atoms with E-state index in [-0.39, 0.29) is 17.5 Å². The highest BCUT2D eigenvalue weighted by Crippen LogP contribution is 2.29. The van der Waals surface area contributed by atoms with Crippen molar-refractivity contribution in [3.63, 3.8) is 0 Å². The molecule has 1 aliphatic heterocycles. The molecule has 3 aromatic carbocycles. The van der Waals surface area contributed by atoms with E-state index in [4.69, 9.17) is 0 Å². The summed E-state index contributed by atoms with van der Waals surface area (Å²) in [5.74, 6) is -0.221.